The maximum Gasteiger partial charge on any atom is 0.316 e. The van der Waals surface area contributed by atoms with Crippen LogP contribution in [0, 0.1) is 11.8 Å². The third-order valence-electron chi connectivity index (χ3n) is 4.18. The van der Waals surface area contributed by atoms with Crippen molar-refractivity contribution in [3.8, 4) is 0 Å². The number of carbonyl (C=O) groups is 3. The highest BCUT2D eigenvalue weighted by Crippen LogP contribution is 2.37. The number of carbonyl (C=O) groups excluding carboxylic acids is 1. The number of carboxylic acid groups (broad SMARTS) is 2. The first kappa shape index (κ1) is 16.7. The van der Waals surface area contributed by atoms with Gasteiger partial charge in [-0.15, -0.1) is 0 Å². The molecule has 2 aromatic rings. The predicted molar refractivity (Wildman–Crippen MR) is 84.4 cm³/mol. The number of ketones is 1. The van der Waals surface area contributed by atoms with Crippen LogP contribution in [0.15, 0.2) is 48.8 Å². The van der Waals surface area contributed by atoms with E-state index in [2.05, 4.69) is 15.3 Å². The largest absolute Gasteiger partial charge is 0.481 e. The van der Waals surface area contributed by atoms with Crippen molar-refractivity contribution in [3.05, 3.63) is 60.2 Å². The Hall–Kier alpha value is -3.13. The van der Waals surface area contributed by atoms with Crippen molar-refractivity contribution in [3.63, 3.8) is 0 Å². The lowest BCUT2D eigenvalue weighted by Gasteiger charge is -2.37. The van der Waals surface area contributed by atoms with Crippen LogP contribution in [0.2, 0.25) is 0 Å². The molecule has 8 heteroatoms. The normalized spacial score (nSPS) is 26.2. The van der Waals surface area contributed by atoms with E-state index in [1.165, 1.54) is 12.4 Å². The average Bonchev–Trinajstić information content (AvgIpc) is 2.61. The van der Waals surface area contributed by atoms with Crippen LogP contribution in [-0.2, 0) is 14.4 Å². The first-order valence-corrected chi connectivity index (χ1v) is 7.58. The van der Waals surface area contributed by atoms with Gasteiger partial charge >= 0.3 is 11.9 Å². The highest BCUT2D eigenvalue weighted by Gasteiger charge is 2.51. The molecule has 0 amide bonds. The van der Waals surface area contributed by atoms with Crippen molar-refractivity contribution in [1.82, 2.24) is 15.3 Å². The molecular formula is C17H15N3O5. The third kappa shape index (κ3) is 3.11. The van der Waals surface area contributed by atoms with Gasteiger partial charge in [0.2, 0.25) is 0 Å². The summed E-state index contributed by atoms with van der Waals surface area (Å²) in [6, 6.07) is 7.97. The van der Waals surface area contributed by atoms with E-state index >= 15 is 0 Å². The molecule has 1 fully saturated rings. The molecule has 25 heavy (non-hydrogen) atoms. The Morgan fingerprint density at radius 1 is 0.840 bits per heavy atom. The second-order valence-electron chi connectivity index (χ2n) is 5.67. The second kappa shape index (κ2) is 6.78. The molecule has 0 aliphatic carbocycles. The Labute approximate surface area is 142 Å². The molecule has 128 valence electrons. The summed E-state index contributed by atoms with van der Waals surface area (Å²) >= 11 is 0. The number of hydrogen-bond acceptors (Lipinski definition) is 6. The third-order valence-corrected chi connectivity index (χ3v) is 4.18. The summed E-state index contributed by atoms with van der Waals surface area (Å²) in [6.07, 6.45) is 2.97. The molecule has 0 radical (unpaired) electrons. The van der Waals surface area contributed by atoms with E-state index in [1.54, 1.807) is 36.4 Å². The summed E-state index contributed by atoms with van der Waals surface area (Å²) in [5.41, 5.74) is 0.709. The lowest BCUT2D eigenvalue weighted by atomic mass is 9.76. The SMILES string of the molecule is O=C(O)C1C(=O)C(C(=O)O)[C@H](c2ccccn2)N[C@@H]1c1ccccn1. The summed E-state index contributed by atoms with van der Waals surface area (Å²) in [5.74, 6) is -6.74. The zero-order chi connectivity index (χ0) is 18.0. The summed E-state index contributed by atoms with van der Waals surface area (Å²) < 4.78 is 0. The van der Waals surface area contributed by atoms with E-state index in [1.807, 2.05) is 0 Å². The van der Waals surface area contributed by atoms with Crippen LogP contribution in [-0.4, -0.2) is 37.9 Å². The predicted octanol–water partition coefficient (Wildman–Crippen LogP) is 0.833. The first-order chi connectivity index (χ1) is 12.0. The standard InChI is InChI=1S/C17H15N3O5/c21-15-11(16(22)23)13(9-5-1-3-7-18-9)20-14(12(15)17(24)25)10-6-2-4-8-19-10/h1-8,11-14,20H,(H,22,23)(H,24,25)/t11?,12?,13-,14+. The quantitative estimate of drug-likeness (QED) is 0.697. The van der Waals surface area contributed by atoms with Crippen LogP contribution >= 0.6 is 0 Å². The molecule has 3 N–H and O–H groups in total. The fraction of sp³-hybridized carbons (Fsp3) is 0.235. The van der Waals surface area contributed by atoms with E-state index in [-0.39, 0.29) is 0 Å². The van der Waals surface area contributed by atoms with Gasteiger partial charge < -0.3 is 10.2 Å². The van der Waals surface area contributed by atoms with E-state index in [9.17, 15) is 24.6 Å². The summed E-state index contributed by atoms with van der Waals surface area (Å²) in [5, 5.41) is 22.0. The number of nitrogens with one attached hydrogen (secondary N) is 1. The number of nitrogens with zero attached hydrogens (tertiary/aromatic N) is 2. The van der Waals surface area contributed by atoms with Gasteiger partial charge in [-0.3, -0.25) is 29.7 Å². The van der Waals surface area contributed by atoms with Crippen molar-refractivity contribution in [2.24, 2.45) is 11.8 Å². The zero-order valence-corrected chi connectivity index (χ0v) is 12.9. The van der Waals surface area contributed by atoms with Crippen LogP contribution in [0.5, 0.6) is 0 Å². The number of aliphatic carboxylic acids is 2. The number of carboxylic acids is 2. The van der Waals surface area contributed by atoms with E-state index in [0.717, 1.165) is 0 Å². The fourth-order valence-electron chi connectivity index (χ4n) is 3.07. The molecule has 0 bridgehead atoms. The number of rotatable bonds is 4. The number of Topliss-reactive ketones (excluding diaryl/α,β-unsaturated/α-hetero) is 1. The summed E-state index contributed by atoms with van der Waals surface area (Å²) in [6.45, 7) is 0. The van der Waals surface area contributed by atoms with Gasteiger partial charge in [0.1, 0.15) is 11.8 Å². The lowest BCUT2D eigenvalue weighted by Crippen LogP contribution is -2.53. The van der Waals surface area contributed by atoms with Gasteiger partial charge in [0.15, 0.2) is 5.78 Å². The average molecular weight is 341 g/mol. The number of hydrogen-bond donors (Lipinski definition) is 3. The van der Waals surface area contributed by atoms with E-state index < -0.39 is 41.6 Å². The fourth-order valence-corrected chi connectivity index (χ4v) is 3.07. The van der Waals surface area contributed by atoms with Gasteiger partial charge in [-0.1, -0.05) is 12.1 Å². The molecule has 3 rings (SSSR count). The molecule has 1 aliphatic rings. The van der Waals surface area contributed by atoms with Crippen molar-refractivity contribution in [2.45, 2.75) is 12.1 Å². The number of piperidine rings is 1. The van der Waals surface area contributed by atoms with Gasteiger partial charge in [-0.05, 0) is 24.3 Å². The van der Waals surface area contributed by atoms with Crippen LogP contribution in [0.25, 0.3) is 0 Å². The topological polar surface area (TPSA) is 129 Å². The Morgan fingerprint density at radius 2 is 1.28 bits per heavy atom. The second-order valence-corrected chi connectivity index (χ2v) is 5.67. The molecule has 0 spiro atoms. The van der Waals surface area contributed by atoms with Crippen molar-refractivity contribution in [1.29, 1.82) is 0 Å². The summed E-state index contributed by atoms with van der Waals surface area (Å²) in [4.78, 5) is 44.3. The molecular weight excluding hydrogens is 326 g/mol. The van der Waals surface area contributed by atoms with Crippen LogP contribution < -0.4 is 5.32 Å². The molecule has 0 aromatic carbocycles. The molecule has 2 aromatic heterocycles. The van der Waals surface area contributed by atoms with Gasteiger partial charge in [-0.25, -0.2) is 0 Å². The molecule has 3 heterocycles. The van der Waals surface area contributed by atoms with Gasteiger partial charge in [0.25, 0.3) is 0 Å². The van der Waals surface area contributed by atoms with E-state index in [0.29, 0.717) is 11.4 Å². The van der Waals surface area contributed by atoms with Crippen LogP contribution in [0.4, 0.5) is 0 Å². The zero-order valence-electron chi connectivity index (χ0n) is 12.9. The Balaban J connectivity index is 2.09. The highest BCUT2D eigenvalue weighted by atomic mass is 16.4. The van der Waals surface area contributed by atoms with Crippen molar-refractivity contribution >= 4 is 17.7 Å². The lowest BCUT2D eigenvalue weighted by molar-refractivity contribution is -0.158. The van der Waals surface area contributed by atoms with Crippen LogP contribution in [0.3, 0.4) is 0 Å². The Bertz CT molecular complexity index is 731. The molecule has 1 aliphatic heterocycles. The van der Waals surface area contributed by atoms with Gasteiger partial charge in [-0.2, -0.15) is 0 Å². The first-order valence-electron chi connectivity index (χ1n) is 7.58. The Morgan fingerprint density at radius 3 is 1.60 bits per heavy atom. The Kier molecular flexibility index (Phi) is 4.53. The smallest absolute Gasteiger partial charge is 0.316 e. The van der Waals surface area contributed by atoms with Gasteiger partial charge in [0.05, 0.1) is 23.5 Å². The van der Waals surface area contributed by atoms with E-state index in [4.69, 9.17) is 0 Å². The summed E-state index contributed by atoms with van der Waals surface area (Å²) in [7, 11) is 0. The molecule has 1 saturated heterocycles. The van der Waals surface area contributed by atoms with Crippen LogP contribution in [0.1, 0.15) is 23.5 Å². The van der Waals surface area contributed by atoms with Gasteiger partial charge in [0, 0.05) is 12.4 Å². The maximum atomic E-state index is 12.7. The molecule has 0 saturated carbocycles. The number of pyridine rings is 2. The minimum Gasteiger partial charge on any atom is -0.481 e. The van der Waals surface area contributed by atoms with Crippen molar-refractivity contribution in [2.75, 3.05) is 0 Å². The van der Waals surface area contributed by atoms with Crippen molar-refractivity contribution < 1.29 is 24.6 Å². The number of aromatic nitrogens is 2. The minimum atomic E-state index is -1.55. The highest BCUT2D eigenvalue weighted by molar-refractivity contribution is 6.09. The molecule has 8 nitrogen and oxygen atoms in total. The monoisotopic (exact) mass is 341 g/mol. The molecule has 2 unspecified atom stereocenters. The maximum absolute atomic E-state index is 12.7. The minimum absolute atomic E-state index is 0.355. The molecule has 4 atom stereocenters.